The topological polar surface area (TPSA) is 64.6 Å². The van der Waals surface area contributed by atoms with Gasteiger partial charge >= 0.3 is 0 Å². The molecule has 1 amide bonds. The zero-order valence-electron chi connectivity index (χ0n) is 18.4. The van der Waals surface area contributed by atoms with Crippen molar-refractivity contribution in [2.24, 2.45) is 11.8 Å². The van der Waals surface area contributed by atoms with Crippen molar-refractivity contribution in [1.82, 2.24) is 5.32 Å². The van der Waals surface area contributed by atoms with Crippen LogP contribution in [0.3, 0.4) is 0 Å². The van der Waals surface area contributed by atoms with Crippen LogP contribution in [-0.2, 0) is 14.3 Å². The van der Waals surface area contributed by atoms with Crippen LogP contribution >= 0.6 is 0 Å². The van der Waals surface area contributed by atoms with E-state index in [-0.39, 0.29) is 25.3 Å². The van der Waals surface area contributed by atoms with Crippen molar-refractivity contribution in [1.29, 1.82) is 0 Å². The lowest BCUT2D eigenvalue weighted by molar-refractivity contribution is -0.126. The molecule has 164 valence electrons. The second-order valence-corrected chi connectivity index (χ2v) is 8.52. The highest BCUT2D eigenvalue weighted by atomic mass is 16.5. The smallest absolute Gasteiger partial charge is 0.251 e. The molecule has 0 unspecified atom stereocenters. The molecule has 0 aliphatic heterocycles. The molecule has 1 saturated carbocycles. The van der Waals surface area contributed by atoms with Gasteiger partial charge < -0.3 is 14.8 Å². The normalized spacial score (nSPS) is 19.5. The molecule has 1 fully saturated rings. The van der Waals surface area contributed by atoms with Crippen LogP contribution in [0.25, 0.3) is 0 Å². The molecule has 0 atom stereocenters. The van der Waals surface area contributed by atoms with Crippen LogP contribution in [0.15, 0.2) is 24.3 Å². The van der Waals surface area contributed by atoms with Crippen LogP contribution in [0.1, 0.15) is 76.6 Å². The Morgan fingerprint density at radius 1 is 1.00 bits per heavy atom. The zero-order valence-corrected chi connectivity index (χ0v) is 18.4. The Labute approximate surface area is 177 Å². The Balaban J connectivity index is 0.00000450. The van der Waals surface area contributed by atoms with Gasteiger partial charge in [0.2, 0.25) is 0 Å². The van der Waals surface area contributed by atoms with Gasteiger partial charge in [-0.2, -0.15) is 0 Å². The Hall–Kier alpha value is -1.72. The Kier molecular flexibility index (Phi) is 9.82. The van der Waals surface area contributed by atoms with Crippen molar-refractivity contribution >= 4 is 11.7 Å². The van der Waals surface area contributed by atoms with Crippen LogP contribution in [0.2, 0.25) is 0 Å². The molecule has 1 N–H and O–H groups in total. The third-order valence-corrected chi connectivity index (χ3v) is 5.55. The summed E-state index contributed by atoms with van der Waals surface area (Å²) in [5.41, 5.74) is 1.94. The Morgan fingerprint density at radius 2 is 1.66 bits per heavy atom. The quantitative estimate of drug-likeness (QED) is 0.546. The molecular weight excluding hydrogens is 366 g/mol. The van der Waals surface area contributed by atoms with E-state index in [2.05, 4.69) is 17.4 Å². The van der Waals surface area contributed by atoms with Crippen molar-refractivity contribution in [3.8, 4) is 0 Å². The van der Waals surface area contributed by atoms with Gasteiger partial charge in [0.1, 0.15) is 5.78 Å². The van der Waals surface area contributed by atoms with Gasteiger partial charge in [-0.15, -0.1) is 0 Å². The minimum absolute atomic E-state index is 0. The van der Waals surface area contributed by atoms with Gasteiger partial charge in [-0.3, -0.25) is 9.59 Å². The van der Waals surface area contributed by atoms with Gasteiger partial charge in [-0.1, -0.05) is 26.0 Å². The van der Waals surface area contributed by atoms with Gasteiger partial charge in [-0.05, 0) is 63.1 Å². The molecule has 1 aromatic carbocycles. The number of hydrogen-bond acceptors (Lipinski definition) is 4. The molecule has 1 aliphatic carbocycles. The van der Waals surface area contributed by atoms with E-state index < -0.39 is 0 Å². The number of carbonyl (C=O) groups is 2. The number of ketones is 1. The number of rotatable bonds is 11. The second-order valence-electron chi connectivity index (χ2n) is 8.52. The first-order chi connectivity index (χ1) is 13.9. The minimum Gasteiger partial charge on any atom is -0.377 e. The lowest BCUT2D eigenvalue weighted by Crippen LogP contribution is -2.27. The predicted octanol–water partition coefficient (Wildman–Crippen LogP) is 4.60. The van der Waals surface area contributed by atoms with Crippen LogP contribution in [-0.4, -0.2) is 44.2 Å². The molecular formula is C24H39NO4. The number of hydrogen-bond donors (Lipinski definition) is 1. The average molecular weight is 406 g/mol. The summed E-state index contributed by atoms with van der Waals surface area (Å²) in [6.07, 6.45) is 4.26. The van der Waals surface area contributed by atoms with Crippen LogP contribution < -0.4 is 5.32 Å². The maximum atomic E-state index is 12.3. The van der Waals surface area contributed by atoms with E-state index in [0.717, 1.165) is 25.7 Å². The maximum absolute atomic E-state index is 12.3. The van der Waals surface area contributed by atoms with Crippen molar-refractivity contribution in [3.63, 3.8) is 0 Å². The number of carbonyl (C=O) groups excluding carboxylic acids is 2. The first-order valence-corrected chi connectivity index (χ1v) is 11.0. The fourth-order valence-corrected chi connectivity index (χ4v) is 3.87. The highest BCUT2D eigenvalue weighted by molar-refractivity contribution is 5.94. The van der Waals surface area contributed by atoms with Crippen molar-refractivity contribution in [2.45, 2.75) is 65.4 Å². The van der Waals surface area contributed by atoms with E-state index >= 15 is 0 Å². The monoisotopic (exact) mass is 405 g/mol. The number of Topliss-reactive ketones (excluding diaryl/α,β-unsaturated/α-hetero) is 1. The van der Waals surface area contributed by atoms with Gasteiger partial charge in [0.05, 0.1) is 25.9 Å². The summed E-state index contributed by atoms with van der Waals surface area (Å²) in [7, 11) is 0. The fraction of sp³-hybridized carbons (Fsp3) is 0.667. The molecule has 29 heavy (non-hydrogen) atoms. The van der Waals surface area contributed by atoms with E-state index in [0.29, 0.717) is 43.6 Å². The molecule has 2 rings (SSSR count). The molecule has 0 bridgehead atoms. The van der Waals surface area contributed by atoms with Crippen LogP contribution in [0, 0.1) is 11.8 Å². The number of ether oxygens (including phenoxy) is 2. The van der Waals surface area contributed by atoms with E-state index in [9.17, 15) is 9.59 Å². The fourth-order valence-electron chi connectivity index (χ4n) is 3.87. The third-order valence-electron chi connectivity index (χ3n) is 5.55. The number of benzene rings is 1. The Morgan fingerprint density at radius 3 is 2.24 bits per heavy atom. The Bertz CT molecular complexity index is 637. The highest BCUT2D eigenvalue weighted by Crippen LogP contribution is 2.37. The average Bonchev–Trinajstić information content (AvgIpc) is 2.72. The third kappa shape index (κ3) is 7.90. The number of amides is 1. The molecule has 1 aromatic rings. The van der Waals surface area contributed by atoms with Crippen molar-refractivity contribution in [3.05, 3.63) is 35.4 Å². The predicted molar refractivity (Wildman–Crippen MR) is 117 cm³/mol. The molecule has 0 heterocycles. The zero-order chi connectivity index (χ0) is 21.2. The molecule has 0 saturated heterocycles. The van der Waals surface area contributed by atoms with E-state index in [1.165, 1.54) is 5.56 Å². The molecule has 0 spiro atoms. The largest absolute Gasteiger partial charge is 0.377 e. The molecule has 0 aromatic heterocycles. The minimum atomic E-state index is -0.0789. The van der Waals surface area contributed by atoms with Gasteiger partial charge in [0, 0.05) is 25.4 Å². The van der Waals surface area contributed by atoms with Crippen LogP contribution in [0.5, 0.6) is 0 Å². The lowest BCUT2D eigenvalue weighted by Gasteiger charge is -2.29. The number of nitrogens with one attached hydrogen (secondary N) is 1. The van der Waals surface area contributed by atoms with Crippen molar-refractivity contribution in [2.75, 3.05) is 26.4 Å². The van der Waals surface area contributed by atoms with E-state index in [4.69, 9.17) is 9.47 Å². The molecule has 5 heteroatoms. The molecule has 0 radical (unpaired) electrons. The lowest BCUT2D eigenvalue weighted by atomic mass is 9.75. The van der Waals surface area contributed by atoms with Gasteiger partial charge in [0.25, 0.3) is 5.91 Å². The van der Waals surface area contributed by atoms with E-state index in [1.54, 1.807) is 0 Å². The summed E-state index contributed by atoms with van der Waals surface area (Å²) < 4.78 is 10.8. The van der Waals surface area contributed by atoms with Gasteiger partial charge in [0.15, 0.2) is 0 Å². The molecule has 1 aliphatic rings. The highest BCUT2D eigenvalue weighted by Gasteiger charge is 2.28. The summed E-state index contributed by atoms with van der Waals surface area (Å²) in [5.74, 6) is 1.19. The van der Waals surface area contributed by atoms with Crippen LogP contribution in [0.4, 0.5) is 0 Å². The standard InChI is InChI=1S/C24H37NO4.H2/c1-17(2)23(26)21-9-5-19(6-10-21)20-7-11-22(12-8-20)24(27)25-13-14-28-15-16-29-18(3)4;/h7-8,11-12,17-19,21H,5-6,9-10,13-16H2,1-4H3,(H,25,27);1H. The molecule has 5 nitrogen and oxygen atoms in total. The van der Waals surface area contributed by atoms with Crippen molar-refractivity contribution < 1.29 is 20.5 Å². The summed E-state index contributed by atoms with van der Waals surface area (Å²) in [6.45, 7) is 10.0. The first-order valence-electron chi connectivity index (χ1n) is 11.0. The summed E-state index contributed by atoms with van der Waals surface area (Å²) in [5, 5.41) is 2.88. The van der Waals surface area contributed by atoms with E-state index in [1.807, 2.05) is 39.8 Å². The second kappa shape index (κ2) is 12.1. The summed E-state index contributed by atoms with van der Waals surface area (Å²) in [6, 6.07) is 7.91. The van der Waals surface area contributed by atoms with Gasteiger partial charge in [-0.25, -0.2) is 0 Å². The summed E-state index contributed by atoms with van der Waals surface area (Å²) >= 11 is 0. The SMILES string of the molecule is CC(C)OCCOCCNC(=O)c1ccc(C2CCC(C(=O)C(C)C)CC2)cc1.[HH]. The summed E-state index contributed by atoms with van der Waals surface area (Å²) in [4.78, 5) is 24.5. The first kappa shape index (κ1) is 23.6. The maximum Gasteiger partial charge on any atom is 0.251 e.